The van der Waals surface area contributed by atoms with Crippen molar-refractivity contribution >= 4 is 61.4 Å². The average molecular weight is 468 g/mol. The number of nitrogens with two attached hydrogens (primary N) is 2. The van der Waals surface area contributed by atoms with E-state index < -0.39 is 0 Å². The van der Waals surface area contributed by atoms with E-state index in [-0.39, 0.29) is 0 Å². The van der Waals surface area contributed by atoms with E-state index in [4.69, 9.17) is 15.9 Å². The molecule has 7 aromatic rings. The molecule has 4 N–H and O–H groups in total. The number of anilines is 2. The van der Waals surface area contributed by atoms with Gasteiger partial charge < -0.3 is 20.5 Å². The van der Waals surface area contributed by atoms with Gasteiger partial charge in [0.1, 0.15) is 17.5 Å². The molecule has 0 radical (unpaired) electrons. The van der Waals surface area contributed by atoms with Crippen molar-refractivity contribution in [1.29, 1.82) is 0 Å². The van der Waals surface area contributed by atoms with Gasteiger partial charge in [-0.15, -0.1) is 0 Å². The summed E-state index contributed by atoms with van der Waals surface area (Å²) >= 11 is 0. The number of carbonyl (C=O) groups excluding carboxylic acids is 1. The van der Waals surface area contributed by atoms with E-state index in [1.54, 1.807) is 0 Å². The molecule has 0 spiro atoms. The summed E-state index contributed by atoms with van der Waals surface area (Å²) in [6, 6.07) is 32.1. The Balaban J connectivity index is 1.57. The maximum atomic E-state index is 11.7. The predicted octanol–water partition coefficient (Wildman–Crippen LogP) is 7.33. The number of aromatic nitrogens is 1. The predicted molar refractivity (Wildman–Crippen MR) is 148 cm³/mol. The number of hydrogen-bond acceptors (Lipinski definition) is 4. The highest BCUT2D eigenvalue weighted by atomic mass is 16.3. The number of para-hydroxylation sites is 1. The van der Waals surface area contributed by atoms with E-state index in [9.17, 15) is 4.79 Å². The summed E-state index contributed by atoms with van der Waals surface area (Å²) in [6.45, 7) is 0. The van der Waals surface area contributed by atoms with Crippen LogP contribution in [0.2, 0.25) is 0 Å². The van der Waals surface area contributed by atoms with Crippen molar-refractivity contribution in [3.63, 3.8) is 0 Å². The highest BCUT2D eigenvalue weighted by Gasteiger charge is 2.19. The quantitative estimate of drug-likeness (QED) is 0.210. The summed E-state index contributed by atoms with van der Waals surface area (Å²) in [7, 11) is 0. The van der Waals surface area contributed by atoms with Gasteiger partial charge in [-0.2, -0.15) is 0 Å². The second kappa shape index (κ2) is 7.48. The lowest BCUT2D eigenvalue weighted by molar-refractivity contribution is 0.112. The number of fused-ring (bicyclic) bond motifs is 7. The second-order valence-electron chi connectivity index (χ2n) is 9.06. The first-order valence-corrected chi connectivity index (χ1v) is 11.7. The molecule has 0 saturated carbocycles. The zero-order valence-corrected chi connectivity index (χ0v) is 19.2. The monoisotopic (exact) mass is 467 g/mol. The first kappa shape index (κ1) is 20.4. The summed E-state index contributed by atoms with van der Waals surface area (Å²) in [6.07, 6.45) is 0.881. The minimum absolute atomic E-state index is 0.553. The maximum absolute atomic E-state index is 11.7. The summed E-state index contributed by atoms with van der Waals surface area (Å²) in [4.78, 5) is 11.7. The van der Waals surface area contributed by atoms with Gasteiger partial charge in [-0.1, -0.05) is 48.5 Å². The first-order valence-electron chi connectivity index (χ1n) is 11.7. The summed E-state index contributed by atoms with van der Waals surface area (Å²) < 4.78 is 8.58. The normalized spacial score (nSPS) is 11.7. The van der Waals surface area contributed by atoms with Crippen molar-refractivity contribution in [2.45, 2.75) is 0 Å². The first-order chi connectivity index (χ1) is 17.6. The van der Waals surface area contributed by atoms with E-state index >= 15 is 0 Å². The topological polar surface area (TPSA) is 87.2 Å². The van der Waals surface area contributed by atoms with Crippen LogP contribution in [0.3, 0.4) is 0 Å². The van der Waals surface area contributed by atoms with E-state index in [0.717, 1.165) is 66.8 Å². The van der Waals surface area contributed by atoms with E-state index in [2.05, 4.69) is 41.0 Å². The van der Waals surface area contributed by atoms with Crippen molar-refractivity contribution in [2.24, 2.45) is 0 Å². The van der Waals surface area contributed by atoms with E-state index in [0.29, 0.717) is 16.9 Å². The van der Waals surface area contributed by atoms with Gasteiger partial charge >= 0.3 is 0 Å². The van der Waals surface area contributed by atoms with Gasteiger partial charge in [-0.05, 0) is 59.7 Å². The van der Waals surface area contributed by atoms with Crippen molar-refractivity contribution in [1.82, 2.24) is 4.57 Å². The molecule has 172 valence electrons. The SMILES string of the molecule is Nc1ccc(-c2cccc(-n3c4cc(C=O)ccc4c4c5oc6ccccc6c5ccc43)c2)cc1N. The number of aldehydes is 1. The largest absolute Gasteiger partial charge is 0.455 e. The van der Waals surface area contributed by atoms with Crippen LogP contribution in [0.1, 0.15) is 10.4 Å². The molecule has 2 heterocycles. The fourth-order valence-electron chi connectivity index (χ4n) is 5.23. The van der Waals surface area contributed by atoms with Crippen LogP contribution >= 0.6 is 0 Å². The number of carbonyl (C=O) groups is 1. The molecule has 0 aliphatic heterocycles. The minimum Gasteiger partial charge on any atom is -0.455 e. The maximum Gasteiger partial charge on any atom is 0.150 e. The fourth-order valence-corrected chi connectivity index (χ4v) is 5.23. The van der Waals surface area contributed by atoms with Crippen LogP contribution in [0.5, 0.6) is 0 Å². The van der Waals surface area contributed by atoms with Crippen molar-refractivity contribution in [2.75, 3.05) is 11.5 Å². The lowest BCUT2D eigenvalue weighted by Crippen LogP contribution is -1.96. The minimum atomic E-state index is 0.553. The molecule has 0 amide bonds. The highest BCUT2D eigenvalue weighted by molar-refractivity contribution is 6.24. The Morgan fingerprint density at radius 3 is 2.36 bits per heavy atom. The number of furan rings is 1. The van der Waals surface area contributed by atoms with Crippen LogP contribution in [-0.2, 0) is 0 Å². The molecule has 5 aromatic carbocycles. The molecule has 0 atom stereocenters. The number of nitrogens with zero attached hydrogens (tertiary/aromatic N) is 1. The number of nitrogen functional groups attached to an aromatic ring is 2. The van der Waals surface area contributed by atoms with Crippen LogP contribution < -0.4 is 11.5 Å². The van der Waals surface area contributed by atoms with Crippen LogP contribution in [0.4, 0.5) is 11.4 Å². The second-order valence-corrected chi connectivity index (χ2v) is 9.06. The third-order valence-electron chi connectivity index (χ3n) is 6.96. The molecule has 0 unspecified atom stereocenters. The van der Waals surface area contributed by atoms with Gasteiger partial charge in [0.15, 0.2) is 0 Å². The lowest BCUT2D eigenvalue weighted by atomic mass is 10.0. The molecule has 0 saturated heterocycles. The molecular formula is C31H21N3O2. The molecule has 7 rings (SSSR count). The van der Waals surface area contributed by atoms with E-state index in [1.807, 2.05) is 60.7 Å². The third kappa shape index (κ3) is 2.86. The zero-order chi connectivity index (χ0) is 24.4. The highest BCUT2D eigenvalue weighted by Crippen LogP contribution is 2.41. The Morgan fingerprint density at radius 2 is 1.50 bits per heavy atom. The molecular weight excluding hydrogens is 446 g/mol. The number of hydrogen-bond donors (Lipinski definition) is 2. The number of benzene rings is 5. The fraction of sp³-hybridized carbons (Fsp3) is 0. The number of rotatable bonds is 3. The van der Waals surface area contributed by atoms with Gasteiger partial charge in [0.25, 0.3) is 0 Å². The molecule has 5 nitrogen and oxygen atoms in total. The van der Waals surface area contributed by atoms with Gasteiger partial charge in [0.05, 0.1) is 27.8 Å². The Morgan fingerprint density at radius 1 is 0.667 bits per heavy atom. The smallest absolute Gasteiger partial charge is 0.150 e. The van der Waals surface area contributed by atoms with Crippen LogP contribution in [-0.4, -0.2) is 10.9 Å². The lowest BCUT2D eigenvalue weighted by Gasteiger charge is -2.11. The molecule has 0 aliphatic carbocycles. The summed E-state index contributed by atoms with van der Waals surface area (Å²) in [5, 5.41) is 4.21. The van der Waals surface area contributed by atoms with Gasteiger partial charge in [0.2, 0.25) is 0 Å². The van der Waals surface area contributed by atoms with Crippen molar-refractivity contribution in [3.8, 4) is 16.8 Å². The van der Waals surface area contributed by atoms with Gasteiger partial charge in [0, 0.05) is 27.4 Å². The molecule has 36 heavy (non-hydrogen) atoms. The Labute approximate surface area is 206 Å². The Bertz CT molecular complexity index is 2000. The standard InChI is InChI=1S/C31H21N3O2/c32-25-12-9-20(16-26(25)33)19-4-3-5-21(15-19)34-27-13-11-23-22-6-1-2-7-29(22)36-31(23)30(27)24-10-8-18(17-35)14-28(24)34/h1-17H,32-33H2. The average Bonchev–Trinajstić information content (AvgIpc) is 3.45. The molecule has 0 bridgehead atoms. The summed E-state index contributed by atoms with van der Waals surface area (Å²) in [5.74, 6) is 0. The van der Waals surface area contributed by atoms with E-state index in [1.165, 1.54) is 0 Å². The molecule has 5 heteroatoms. The molecule has 0 aliphatic rings. The van der Waals surface area contributed by atoms with Crippen LogP contribution in [0, 0.1) is 0 Å². The van der Waals surface area contributed by atoms with Crippen molar-refractivity contribution < 1.29 is 9.21 Å². The Kier molecular flexibility index (Phi) is 4.23. The van der Waals surface area contributed by atoms with Gasteiger partial charge in [-0.25, -0.2) is 0 Å². The summed E-state index contributed by atoms with van der Waals surface area (Å²) in [5.41, 5.74) is 20.4. The van der Waals surface area contributed by atoms with Crippen LogP contribution in [0.25, 0.3) is 60.6 Å². The van der Waals surface area contributed by atoms with Gasteiger partial charge in [-0.3, -0.25) is 4.79 Å². The Hall–Kier alpha value is -5.03. The zero-order valence-electron chi connectivity index (χ0n) is 19.2. The third-order valence-corrected chi connectivity index (χ3v) is 6.96. The molecule has 2 aromatic heterocycles. The van der Waals surface area contributed by atoms with Crippen molar-refractivity contribution in [3.05, 3.63) is 103 Å². The van der Waals surface area contributed by atoms with Crippen LogP contribution in [0.15, 0.2) is 101 Å². The molecule has 0 fully saturated rings.